The standard InChI is InChI=1S/C7H11N3O/c11-5-3-1-2-4-7-8-6-9-10-7/h5-6H,1-4H2,(H,8,9,10). The Balaban J connectivity index is 2.09. The van der Waals surface area contributed by atoms with Gasteiger partial charge in [-0.3, -0.25) is 5.10 Å². The predicted molar refractivity (Wildman–Crippen MR) is 40.0 cm³/mol. The van der Waals surface area contributed by atoms with Gasteiger partial charge in [-0.2, -0.15) is 5.10 Å². The second-order valence-electron chi connectivity index (χ2n) is 2.33. The van der Waals surface area contributed by atoms with Crippen LogP contribution in [0.15, 0.2) is 6.33 Å². The number of hydrogen-bond donors (Lipinski definition) is 1. The van der Waals surface area contributed by atoms with Gasteiger partial charge < -0.3 is 4.79 Å². The summed E-state index contributed by atoms with van der Waals surface area (Å²) in [6, 6.07) is 0. The molecule has 0 amide bonds. The molecule has 0 bridgehead atoms. The molecule has 4 nitrogen and oxygen atoms in total. The van der Waals surface area contributed by atoms with E-state index in [9.17, 15) is 4.79 Å². The molecule has 11 heavy (non-hydrogen) atoms. The van der Waals surface area contributed by atoms with Gasteiger partial charge in [-0.15, -0.1) is 0 Å². The zero-order valence-corrected chi connectivity index (χ0v) is 6.29. The molecule has 4 heteroatoms. The second kappa shape index (κ2) is 4.60. The maximum Gasteiger partial charge on any atom is 0.150 e. The van der Waals surface area contributed by atoms with Crippen LogP contribution in [0.5, 0.6) is 0 Å². The maximum absolute atomic E-state index is 9.93. The van der Waals surface area contributed by atoms with Crippen molar-refractivity contribution in [2.24, 2.45) is 0 Å². The summed E-state index contributed by atoms with van der Waals surface area (Å²) < 4.78 is 0. The fourth-order valence-electron chi connectivity index (χ4n) is 0.867. The van der Waals surface area contributed by atoms with Crippen molar-refractivity contribution in [1.82, 2.24) is 15.2 Å². The number of nitrogens with zero attached hydrogens (tertiary/aromatic N) is 2. The van der Waals surface area contributed by atoms with Crippen LogP contribution < -0.4 is 0 Å². The topological polar surface area (TPSA) is 58.6 Å². The molecule has 0 spiro atoms. The molecular weight excluding hydrogens is 142 g/mol. The molecule has 0 saturated carbocycles. The highest BCUT2D eigenvalue weighted by Gasteiger charge is 1.94. The summed E-state index contributed by atoms with van der Waals surface area (Å²) in [5.41, 5.74) is 0. The number of aldehydes is 1. The highest BCUT2D eigenvalue weighted by Crippen LogP contribution is 1.98. The van der Waals surface area contributed by atoms with Crippen molar-refractivity contribution in [3.05, 3.63) is 12.2 Å². The highest BCUT2D eigenvalue weighted by atomic mass is 16.1. The van der Waals surface area contributed by atoms with Gasteiger partial charge in [0.2, 0.25) is 0 Å². The smallest absolute Gasteiger partial charge is 0.150 e. The molecule has 1 heterocycles. The minimum absolute atomic E-state index is 0.643. The first kappa shape index (κ1) is 7.91. The van der Waals surface area contributed by atoms with Crippen molar-refractivity contribution in [3.8, 4) is 0 Å². The van der Waals surface area contributed by atoms with Gasteiger partial charge in [-0.25, -0.2) is 4.98 Å². The predicted octanol–water partition coefficient (Wildman–Crippen LogP) is 0.716. The van der Waals surface area contributed by atoms with E-state index < -0.39 is 0 Å². The minimum Gasteiger partial charge on any atom is -0.303 e. The quantitative estimate of drug-likeness (QED) is 0.500. The molecule has 0 aliphatic heterocycles. The van der Waals surface area contributed by atoms with Crippen LogP contribution in [0.2, 0.25) is 0 Å². The number of hydrogen-bond acceptors (Lipinski definition) is 3. The van der Waals surface area contributed by atoms with Crippen molar-refractivity contribution in [2.45, 2.75) is 25.7 Å². The average molecular weight is 153 g/mol. The summed E-state index contributed by atoms with van der Waals surface area (Å²) in [5.74, 6) is 0.830. The largest absolute Gasteiger partial charge is 0.303 e. The SMILES string of the molecule is O=CCCCCc1nc[nH]n1. The normalized spacial score (nSPS) is 9.82. The lowest BCUT2D eigenvalue weighted by atomic mass is 10.2. The number of unbranched alkanes of at least 4 members (excludes halogenated alkanes) is 2. The van der Waals surface area contributed by atoms with E-state index in [1.807, 2.05) is 0 Å². The number of rotatable bonds is 5. The third-order valence-electron chi connectivity index (χ3n) is 1.44. The van der Waals surface area contributed by atoms with Gasteiger partial charge >= 0.3 is 0 Å². The fraction of sp³-hybridized carbons (Fsp3) is 0.571. The Morgan fingerprint density at radius 1 is 1.55 bits per heavy atom. The lowest BCUT2D eigenvalue weighted by molar-refractivity contribution is -0.107. The molecule has 0 aromatic carbocycles. The average Bonchev–Trinajstić information content (AvgIpc) is 2.50. The summed E-state index contributed by atoms with van der Waals surface area (Å²) in [6.45, 7) is 0. The molecule has 60 valence electrons. The van der Waals surface area contributed by atoms with E-state index in [1.54, 1.807) is 6.33 Å². The van der Waals surface area contributed by atoms with Crippen LogP contribution in [0.25, 0.3) is 0 Å². The highest BCUT2D eigenvalue weighted by molar-refractivity contribution is 5.48. The van der Waals surface area contributed by atoms with Crippen LogP contribution in [0.1, 0.15) is 25.1 Å². The van der Waals surface area contributed by atoms with Crippen molar-refractivity contribution in [1.29, 1.82) is 0 Å². The number of aromatic nitrogens is 3. The van der Waals surface area contributed by atoms with Crippen LogP contribution in [0.3, 0.4) is 0 Å². The molecule has 1 N–H and O–H groups in total. The first-order valence-electron chi connectivity index (χ1n) is 3.72. The van der Waals surface area contributed by atoms with Gasteiger partial charge in [-0.1, -0.05) is 0 Å². The van der Waals surface area contributed by atoms with E-state index in [1.165, 1.54) is 0 Å². The summed E-state index contributed by atoms with van der Waals surface area (Å²) in [5, 5.41) is 6.53. The molecule has 0 fully saturated rings. The molecule has 0 saturated heterocycles. The number of aromatic amines is 1. The third-order valence-corrected chi connectivity index (χ3v) is 1.44. The van der Waals surface area contributed by atoms with Crippen LogP contribution in [0, 0.1) is 0 Å². The molecule has 1 rings (SSSR count). The van der Waals surface area contributed by atoms with Gasteiger partial charge in [0.05, 0.1) is 0 Å². The number of H-pyrrole nitrogens is 1. The molecule has 0 aliphatic carbocycles. The Kier molecular flexibility index (Phi) is 3.31. The van der Waals surface area contributed by atoms with Crippen molar-refractivity contribution in [3.63, 3.8) is 0 Å². The van der Waals surface area contributed by atoms with E-state index in [0.29, 0.717) is 6.42 Å². The van der Waals surface area contributed by atoms with Gasteiger partial charge in [0, 0.05) is 12.8 Å². The lowest BCUT2D eigenvalue weighted by Gasteiger charge is -1.91. The Hall–Kier alpha value is -1.19. The number of nitrogens with one attached hydrogen (secondary N) is 1. The minimum atomic E-state index is 0.643. The van der Waals surface area contributed by atoms with Gasteiger partial charge in [-0.05, 0) is 12.8 Å². The zero-order chi connectivity index (χ0) is 7.94. The lowest BCUT2D eigenvalue weighted by Crippen LogP contribution is -1.88. The van der Waals surface area contributed by atoms with E-state index in [2.05, 4.69) is 15.2 Å². The number of carbonyl (C=O) groups excluding carboxylic acids is 1. The third kappa shape index (κ3) is 2.93. The molecule has 0 radical (unpaired) electrons. The van der Waals surface area contributed by atoms with Crippen LogP contribution in [-0.4, -0.2) is 21.5 Å². The van der Waals surface area contributed by atoms with Crippen molar-refractivity contribution in [2.75, 3.05) is 0 Å². The van der Waals surface area contributed by atoms with E-state index in [4.69, 9.17) is 0 Å². The molecule has 0 atom stereocenters. The zero-order valence-electron chi connectivity index (χ0n) is 6.29. The summed E-state index contributed by atoms with van der Waals surface area (Å²) in [7, 11) is 0. The first-order chi connectivity index (χ1) is 5.43. The first-order valence-corrected chi connectivity index (χ1v) is 3.72. The fourth-order valence-corrected chi connectivity index (χ4v) is 0.867. The molecule has 0 aliphatic rings. The maximum atomic E-state index is 9.93. The van der Waals surface area contributed by atoms with Gasteiger partial charge in [0.1, 0.15) is 18.4 Å². The van der Waals surface area contributed by atoms with Gasteiger partial charge in [0.15, 0.2) is 0 Å². The van der Waals surface area contributed by atoms with E-state index in [-0.39, 0.29) is 0 Å². The molecule has 1 aromatic rings. The van der Waals surface area contributed by atoms with Crippen molar-refractivity contribution < 1.29 is 4.79 Å². The van der Waals surface area contributed by atoms with Crippen LogP contribution in [-0.2, 0) is 11.2 Å². The Labute approximate surface area is 65.0 Å². The number of carbonyl (C=O) groups is 1. The van der Waals surface area contributed by atoms with E-state index in [0.717, 1.165) is 31.4 Å². The van der Waals surface area contributed by atoms with E-state index >= 15 is 0 Å². The Bertz CT molecular complexity index is 195. The monoisotopic (exact) mass is 153 g/mol. The summed E-state index contributed by atoms with van der Waals surface area (Å²) >= 11 is 0. The molecule has 1 aromatic heterocycles. The Morgan fingerprint density at radius 3 is 3.09 bits per heavy atom. The van der Waals surface area contributed by atoms with Gasteiger partial charge in [0.25, 0.3) is 0 Å². The molecular formula is C7H11N3O. The second-order valence-corrected chi connectivity index (χ2v) is 2.33. The summed E-state index contributed by atoms with van der Waals surface area (Å²) in [6.07, 6.45) is 5.92. The Morgan fingerprint density at radius 2 is 2.45 bits per heavy atom. The number of aryl methyl sites for hydroxylation is 1. The van der Waals surface area contributed by atoms with Crippen LogP contribution in [0.4, 0.5) is 0 Å². The summed E-state index contributed by atoms with van der Waals surface area (Å²) in [4.78, 5) is 13.9. The van der Waals surface area contributed by atoms with Crippen LogP contribution >= 0.6 is 0 Å². The molecule has 0 unspecified atom stereocenters. The van der Waals surface area contributed by atoms with Crippen molar-refractivity contribution >= 4 is 6.29 Å².